The van der Waals surface area contributed by atoms with Gasteiger partial charge in [-0.05, 0) is 63.4 Å². The number of hydrogen-bond donors (Lipinski definition) is 1. The Balaban J connectivity index is 1.94. The molecule has 1 N–H and O–H groups in total. The van der Waals surface area contributed by atoms with Crippen LogP contribution in [-0.4, -0.2) is 20.4 Å². The van der Waals surface area contributed by atoms with E-state index >= 15 is 0 Å². The molecule has 0 saturated carbocycles. The molecule has 2 atom stereocenters. The zero-order valence-corrected chi connectivity index (χ0v) is 20.5. The number of ether oxygens (including phenoxy) is 1. The van der Waals surface area contributed by atoms with Crippen molar-refractivity contribution in [2.24, 2.45) is 5.92 Å². The van der Waals surface area contributed by atoms with Crippen molar-refractivity contribution in [2.75, 3.05) is 0 Å². The summed E-state index contributed by atoms with van der Waals surface area (Å²) < 4.78 is 39.4. The van der Waals surface area contributed by atoms with Crippen molar-refractivity contribution in [3.63, 3.8) is 0 Å². The molecule has 0 fully saturated rings. The van der Waals surface area contributed by atoms with Gasteiger partial charge in [0, 0.05) is 16.5 Å². The number of rotatable bonds is 7. The van der Waals surface area contributed by atoms with Crippen LogP contribution in [0.4, 0.5) is 0 Å². The highest BCUT2D eigenvalue weighted by Gasteiger charge is 2.32. The first kappa shape index (κ1) is 24.7. The van der Waals surface area contributed by atoms with E-state index in [1.807, 2.05) is 20.8 Å². The summed E-state index contributed by atoms with van der Waals surface area (Å²) >= 11 is 0. The fourth-order valence-corrected chi connectivity index (χ4v) is 4.79. The number of aryl methyl sites for hydroxylation is 3. The van der Waals surface area contributed by atoms with E-state index in [2.05, 4.69) is 4.72 Å². The van der Waals surface area contributed by atoms with Gasteiger partial charge in [-0.25, -0.2) is 18.0 Å². The molecule has 1 aromatic heterocycles. The van der Waals surface area contributed by atoms with Crippen molar-refractivity contribution in [1.29, 1.82) is 0 Å². The lowest BCUT2D eigenvalue weighted by Crippen LogP contribution is -2.47. The number of sulfonamides is 1. The molecule has 2 aromatic carbocycles. The smallest absolute Gasteiger partial charge is 0.339 e. The van der Waals surface area contributed by atoms with Gasteiger partial charge >= 0.3 is 11.6 Å². The Morgan fingerprint density at radius 2 is 1.64 bits per heavy atom. The fourth-order valence-electron chi connectivity index (χ4n) is 3.49. The van der Waals surface area contributed by atoms with Gasteiger partial charge in [0.25, 0.3) is 0 Å². The van der Waals surface area contributed by atoms with E-state index in [1.165, 1.54) is 12.1 Å². The lowest BCUT2D eigenvalue weighted by molar-refractivity contribution is -0.137. The number of esters is 1. The molecule has 0 amide bonds. The van der Waals surface area contributed by atoms with Crippen LogP contribution in [0.5, 0.6) is 5.75 Å². The summed E-state index contributed by atoms with van der Waals surface area (Å²) in [6.07, 6.45) is 0.556. The highest BCUT2D eigenvalue weighted by atomic mass is 32.2. The van der Waals surface area contributed by atoms with Gasteiger partial charge in [0.1, 0.15) is 17.4 Å². The van der Waals surface area contributed by atoms with E-state index < -0.39 is 27.7 Å². The van der Waals surface area contributed by atoms with Crippen molar-refractivity contribution < 1.29 is 22.4 Å². The van der Waals surface area contributed by atoms with Crippen LogP contribution in [0.3, 0.4) is 0 Å². The molecule has 33 heavy (non-hydrogen) atoms. The average Bonchev–Trinajstić information content (AvgIpc) is 2.78. The van der Waals surface area contributed by atoms with Gasteiger partial charge < -0.3 is 9.15 Å². The minimum Gasteiger partial charge on any atom is -0.425 e. The maximum Gasteiger partial charge on any atom is 0.339 e. The minimum atomic E-state index is -3.94. The minimum absolute atomic E-state index is 0.0729. The van der Waals surface area contributed by atoms with Crippen LogP contribution in [0.25, 0.3) is 11.0 Å². The Kier molecular flexibility index (Phi) is 7.09. The molecule has 7 nitrogen and oxygen atoms in total. The van der Waals surface area contributed by atoms with Crippen molar-refractivity contribution in [1.82, 2.24) is 4.72 Å². The van der Waals surface area contributed by atoms with E-state index in [0.29, 0.717) is 23.1 Å². The van der Waals surface area contributed by atoms with Crippen LogP contribution >= 0.6 is 0 Å². The maximum absolute atomic E-state index is 13.1. The van der Waals surface area contributed by atoms with E-state index in [1.54, 1.807) is 45.0 Å². The average molecular weight is 472 g/mol. The first-order valence-electron chi connectivity index (χ1n) is 10.8. The summed E-state index contributed by atoms with van der Waals surface area (Å²) in [5, 5.41) is 0.753. The van der Waals surface area contributed by atoms with Gasteiger partial charge in [0.15, 0.2) is 0 Å². The van der Waals surface area contributed by atoms with Gasteiger partial charge in [-0.2, -0.15) is 4.72 Å². The van der Waals surface area contributed by atoms with Gasteiger partial charge in [-0.15, -0.1) is 0 Å². The lowest BCUT2D eigenvalue weighted by atomic mass is 10.0. The number of carbonyl (C=O) groups is 1. The second-order valence-electron chi connectivity index (χ2n) is 8.42. The highest BCUT2D eigenvalue weighted by Crippen LogP contribution is 2.30. The molecule has 0 bridgehead atoms. The van der Waals surface area contributed by atoms with E-state index in [4.69, 9.17) is 9.15 Å². The number of benzene rings is 2. The third-order valence-corrected chi connectivity index (χ3v) is 7.57. The molecule has 0 aliphatic heterocycles. The van der Waals surface area contributed by atoms with Gasteiger partial charge in [0.05, 0.1) is 4.90 Å². The summed E-state index contributed by atoms with van der Waals surface area (Å²) in [4.78, 5) is 25.3. The molecule has 3 aromatic rings. The number of hydrogen-bond acceptors (Lipinski definition) is 6. The molecule has 0 saturated heterocycles. The number of nitrogens with one attached hydrogen (secondary N) is 1. The summed E-state index contributed by atoms with van der Waals surface area (Å²) in [6.45, 7) is 10.7. The van der Waals surface area contributed by atoms with Crippen LogP contribution in [-0.2, 0) is 14.8 Å². The zero-order valence-electron chi connectivity index (χ0n) is 19.7. The Hall–Kier alpha value is -2.97. The Labute approximate surface area is 193 Å². The quantitative estimate of drug-likeness (QED) is 0.313. The van der Waals surface area contributed by atoms with Crippen molar-refractivity contribution >= 4 is 27.0 Å². The standard InChI is InChI=1S/C25H29NO6S/c1-7-15(3)22(26-33(29,30)19-10-8-14(2)9-11-19)25(28)31-21-13-12-20-16(4)17(5)24(27)32-23(20)18(21)6/h8-13,15,22,26H,7H2,1-6H3/t15-,22-/m0/s1. The zero-order chi connectivity index (χ0) is 24.5. The number of fused-ring (bicyclic) bond motifs is 1. The van der Waals surface area contributed by atoms with E-state index in [9.17, 15) is 18.0 Å². The van der Waals surface area contributed by atoms with Crippen LogP contribution in [0.15, 0.2) is 50.5 Å². The monoisotopic (exact) mass is 471 g/mol. The summed E-state index contributed by atoms with van der Waals surface area (Å²) in [5.41, 5.74) is 2.63. The summed E-state index contributed by atoms with van der Waals surface area (Å²) in [7, 11) is -3.94. The lowest BCUT2D eigenvalue weighted by Gasteiger charge is -2.23. The molecule has 0 unspecified atom stereocenters. The Bertz CT molecular complexity index is 1360. The van der Waals surface area contributed by atoms with E-state index in [-0.39, 0.29) is 16.6 Å². The maximum atomic E-state index is 13.1. The third-order valence-electron chi connectivity index (χ3n) is 6.11. The molecule has 0 spiro atoms. The normalized spacial score (nSPS) is 13.6. The summed E-state index contributed by atoms with van der Waals surface area (Å²) in [6, 6.07) is 8.65. The van der Waals surface area contributed by atoms with Gasteiger partial charge in [-0.1, -0.05) is 38.0 Å². The molecule has 8 heteroatoms. The van der Waals surface area contributed by atoms with Crippen LogP contribution in [0.1, 0.15) is 42.5 Å². The van der Waals surface area contributed by atoms with E-state index in [0.717, 1.165) is 16.5 Å². The molecule has 1 heterocycles. The second kappa shape index (κ2) is 9.49. The van der Waals surface area contributed by atoms with Crippen molar-refractivity contribution in [3.8, 4) is 5.75 Å². The predicted molar refractivity (Wildman–Crippen MR) is 127 cm³/mol. The van der Waals surface area contributed by atoms with Crippen LogP contribution in [0, 0.1) is 33.6 Å². The van der Waals surface area contributed by atoms with Gasteiger partial charge in [0.2, 0.25) is 10.0 Å². The second-order valence-corrected chi connectivity index (χ2v) is 10.1. The Morgan fingerprint density at radius 1 is 1.00 bits per heavy atom. The first-order chi connectivity index (χ1) is 15.5. The van der Waals surface area contributed by atoms with Crippen molar-refractivity contribution in [3.05, 3.63) is 69.1 Å². The highest BCUT2D eigenvalue weighted by molar-refractivity contribution is 7.89. The molecule has 0 radical (unpaired) electrons. The van der Waals surface area contributed by atoms with Crippen LogP contribution < -0.4 is 15.1 Å². The first-order valence-corrected chi connectivity index (χ1v) is 12.3. The largest absolute Gasteiger partial charge is 0.425 e. The third kappa shape index (κ3) is 5.02. The topological polar surface area (TPSA) is 103 Å². The number of carbonyl (C=O) groups excluding carboxylic acids is 1. The molecule has 0 aliphatic carbocycles. The summed E-state index contributed by atoms with van der Waals surface area (Å²) in [5.74, 6) is -0.836. The predicted octanol–water partition coefficient (Wildman–Crippen LogP) is 4.33. The molecule has 3 rings (SSSR count). The molecule has 0 aliphatic rings. The van der Waals surface area contributed by atoms with Crippen LogP contribution in [0.2, 0.25) is 0 Å². The van der Waals surface area contributed by atoms with Gasteiger partial charge in [-0.3, -0.25) is 0 Å². The van der Waals surface area contributed by atoms with Crippen molar-refractivity contribution in [2.45, 2.75) is 58.9 Å². The molecular weight excluding hydrogens is 442 g/mol. The molecular formula is C25H29NO6S. The fraction of sp³-hybridized carbons (Fsp3) is 0.360. The SMILES string of the molecule is CC[C@H](C)[C@H](NS(=O)(=O)c1ccc(C)cc1)C(=O)Oc1ccc2c(C)c(C)c(=O)oc2c1C. The Morgan fingerprint density at radius 3 is 2.24 bits per heavy atom. The molecule has 176 valence electrons.